The van der Waals surface area contributed by atoms with Crippen LogP contribution in [-0.4, -0.2) is 19.9 Å². The van der Waals surface area contributed by atoms with Crippen molar-refractivity contribution < 1.29 is 0 Å². The first-order valence-corrected chi connectivity index (χ1v) is 6.08. The van der Waals surface area contributed by atoms with Crippen molar-refractivity contribution in [3.8, 4) is 22.8 Å². The molecule has 19 heavy (non-hydrogen) atoms. The van der Waals surface area contributed by atoms with E-state index in [1.54, 1.807) is 12.4 Å². The Morgan fingerprint density at radius 1 is 0.684 bits per heavy atom. The predicted octanol–water partition coefficient (Wildman–Crippen LogP) is 3.25. The summed E-state index contributed by atoms with van der Waals surface area (Å²) in [4.78, 5) is 16.9. The second-order valence-corrected chi connectivity index (χ2v) is 4.18. The van der Waals surface area contributed by atoms with Crippen LogP contribution in [0.3, 0.4) is 0 Å². The molecule has 0 radical (unpaired) electrons. The standard InChI is InChI=1S/C14H9ClN4/c15-14-18-12(10-5-1-3-7-16-10)9-13(19-14)11-6-2-4-8-17-11/h1-9H. The SMILES string of the molecule is Clc1nc(-c2ccccn2)cc(-c2ccccn2)n1. The zero-order valence-corrected chi connectivity index (χ0v) is 10.6. The van der Waals surface area contributed by atoms with Crippen LogP contribution in [0.15, 0.2) is 54.9 Å². The summed E-state index contributed by atoms with van der Waals surface area (Å²) in [7, 11) is 0. The molecule has 0 aliphatic carbocycles. The van der Waals surface area contributed by atoms with Crippen molar-refractivity contribution >= 4 is 11.6 Å². The summed E-state index contributed by atoms with van der Waals surface area (Å²) in [5, 5.41) is 0.184. The fourth-order valence-electron chi connectivity index (χ4n) is 1.71. The van der Waals surface area contributed by atoms with E-state index in [0.29, 0.717) is 11.4 Å². The van der Waals surface area contributed by atoms with Crippen LogP contribution in [0, 0.1) is 0 Å². The normalized spacial score (nSPS) is 10.4. The van der Waals surface area contributed by atoms with Gasteiger partial charge in [-0.2, -0.15) is 0 Å². The van der Waals surface area contributed by atoms with Crippen LogP contribution in [0.2, 0.25) is 5.28 Å². The highest BCUT2D eigenvalue weighted by atomic mass is 35.5. The van der Waals surface area contributed by atoms with E-state index >= 15 is 0 Å². The van der Waals surface area contributed by atoms with Gasteiger partial charge in [-0.05, 0) is 41.9 Å². The molecule has 0 aliphatic rings. The lowest BCUT2D eigenvalue weighted by molar-refractivity contribution is 1.14. The lowest BCUT2D eigenvalue weighted by Crippen LogP contribution is -1.94. The van der Waals surface area contributed by atoms with Crippen LogP contribution < -0.4 is 0 Å². The molecule has 0 unspecified atom stereocenters. The van der Waals surface area contributed by atoms with E-state index in [0.717, 1.165) is 11.4 Å². The van der Waals surface area contributed by atoms with E-state index in [4.69, 9.17) is 11.6 Å². The molecule has 0 bridgehead atoms. The average Bonchev–Trinajstić information content (AvgIpc) is 2.48. The number of hydrogen-bond donors (Lipinski definition) is 0. The fourth-order valence-corrected chi connectivity index (χ4v) is 1.89. The monoisotopic (exact) mass is 268 g/mol. The van der Waals surface area contributed by atoms with Gasteiger partial charge in [0.05, 0.1) is 22.8 Å². The molecule has 0 aromatic carbocycles. The molecule has 3 rings (SSSR count). The maximum atomic E-state index is 5.97. The van der Waals surface area contributed by atoms with E-state index in [1.807, 2.05) is 42.5 Å². The first-order chi connectivity index (χ1) is 9.33. The molecule has 0 aliphatic heterocycles. The van der Waals surface area contributed by atoms with Crippen molar-refractivity contribution in [3.63, 3.8) is 0 Å². The van der Waals surface area contributed by atoms with Crippen molar-refractivity contribution in [2.75, 3.05) is 0 Å². The summed E-state index contributed by atoms with van der Waals surface area (Å²) in [5.74, 6) is 0. The average molecular weight is 269 g/mol. The number of nitrogens with zero attached hydrogens (tertiary/aromatic N) is 4. The Bertz CT molecular complexity index is 629. The lowest BCUT2D eigenvalue weighted by atomic mass is 10.2. The van der Waals surface area contributed by atoms with Crippen molar-refractivity contribution in [2.45, 2.75) is 0 Å². The Morgan fingerprint density at radius 3 is 1.63 bits per heavy atom. The Hall–Kier alpha value is -2.33. The molecule has 0 amide bonds. The van der Waals surface area contributed by atoms with Gasteiger partial charge in [0.1, 0.15) is 0 Å². The van der Waals surface area contributed by atoms with Gasteiger partial charge >= 0.3 is 0 Å². The molecule has 3 aromatic rings. The number of rotatable bonds is 2. The maximum absolute atomic E-state index is 5.97. The quantitative estimate of drug-likeness (QED) is 0.670. The number of pyridine rings is 2. The molecule has 0 atom stereocenters. The highest BCUT2D eigenvalue weighted by Crippen LogP contribution is 2.22. The van der Waals surface area contributed by atoms with Gasteiger partial charge in [0.15, 0.2) is 0 Å². The van der Waals surface area contributed by atoms with Crippen LogP contribution in [0.1, 0.15) is 0 Å². The Balaban J connectivity index is 2.12. The first-order valence-electron chi connectivity index (χ1n) is 5.70. The zero-order valence-electron chi connectivity index (χ0n) is 9.86. The second-order valence-electron chi connectivity index (χ2n) is 3.84. The van der Waals surface area contributed by atoms with E-state index in [9.17, 15) is 0 Å². The number of hydrogen-bond acceptors (Lipinski definition) is 4. The highest BCUT2D eigenvalue weighted by Gasteiger charge is 2.08. The first kappa shape index (κ1) is 11.7. The van der Waals surface area contributed by atoms with Crippen LogP contribution in [0.25, 0.3) is 22.8 Å². The van der Waals surface area contributed by atoms with Crippen molar-refractivity contribution in [1.82, 2.24) is 19.9 Å². The molecule has 0 N–H and O–H groups in total. The minimum Gasteiger partial charge on any atom is -0.255 e. The molecule has 0 saturated carbocycles. The molecule has 0 fully saturated rings. The van der Waals surface area contributed by atoms with Crippen LogP contribution in [-0.2, 0) is 0 Å². The second kappa shape index (κ2) is 5.12. The van der Waals surface area contributed by atoms with Gasteiger partial charge in [-0.25, -0.2) is 9.97 Å². The van der Waals surface area contributed by atoms with Gasteiger partial charge in [-0.1, -0.05) is 12.1 Å². The van der Waals surface area contributed by atoms with Crippen molar-refractivity contribution in [3.05, 3.63) is 60.1 Å². The van der Waals surface area contributed by atoms with Crippen LogP contribution >= 0.6 is 11.6 Å². The molecule has 0 spiro atoms. The summed E-state index contributed by atoms with van der Waals surface area (Å²) < 4.78 is 0. The van der Waals surface area contributed by atoms with Crippen LogP contribution in [0.5, 0.6) is 0 Å². The fraction of sp³-hybridized carbons (Fsp3) is 0. The van der Waals surface area contributed by atoms with Gasteiger partial charge in [-0.15, -0.1) is 0 Å². The van der Waals surface area contributed by atoms with E-state index in [2.05, 4.69) is 19.9 Å². The summed E-state index contributed by atoms with van der Waals surface area (Å²) in [6.45, 7) is 0. The highest BCUT2D eigenvalue weighted by molar-refractivity contribution is 6.28. The smallest absolute Gasteiger partial charge is 0.223 e. The third kappa shape index (κ3) is 2.58. The zero-order chi connectivity index (χ0) is 13.1. The molecular weight excluding hydrogens is 260 g/mol. The van der Waals surface area contributed by atoms with Gasteiger partial charge < -0.3 is 0 Å². The van der Waals surface area contributed by atoms with Gasteiger partial charge in [0, 0.05) is 12.4 Å². The van der Waals surface area contributed by atoms with Gasteiger partial charge in [0.2, 0.25) is 5.28 Å². The molecule has 5 heteroatoms. The molecule has 4 nitrogen and oxygen atoms in total. The van der Waals surface area contributed by atoms with Crippen LogP contribution in [0.4, 0.5) is 0 Å². The van der Waals surface area contributed by atoms with Gasteiger partial charge in [-0.3, -0.25) is 9.97 Å². The molecule has 3 heterocycles. The number of aromatic nitrogens is 4. The van der Waals surface area contributed by atoms with Crippen molar-refractivity contribution in [2.24, 2.45) is 0 Å². The molecule has 92 valence electrons. The third-order valence-electron chi connectivity index (χ3n) is 2.55. The molecule has 3 aromatic heterocycles. The minimum atomic E-state index is 0.184. The number of halogens is 1. The Morgan fingerprint density at radius 2 is 1.21 bits per heavy atom. The maximum Gasteiger partial charge on any atom is 0.223 e. The lowest BCUT2D eigenvalue weighted by Gasteiger charge is -2.04. The van der Waals surface area contributed by atoms with E-state index < -0.39 is 0 Å². The van der Waals surface area contributed by atoms with E-state index in [-0.39, 0.29) is 5.28 Å². The topological polar surface area (TPSA) is 51.6 Å². The molecular formula is C14H9ClN4. The van der Waals surface area contributed by atoms with Gasteiger partial charge in [0.25, 0.3) is 0 Å². The van der Waals surface area contributed by atoms with E-state index in [1.165, 1.54) is 0 Å². The summed E-state index contributed by atoms with van der Waals surface area (Å²) in [5.41, 5.74) is 2.87. The minimum absolute atomic E-state index is 0.184. The Kier molecular flexibility index (Phi) is 3.16. The van der Waals surface area contributed by atoms with Crippen molar-refractivity contribution in [1.29, 1.82) is 0 Å². The Labute approximate surface area is 115 Å². The predicted molar refractivity (Wildman–Crippen MR) is 73.5 cm³/mol. The molecule has 0 saturated heterocycles. The summed E-state index contributed by atoms with van der Waals surface area (Å²) in [6, 6.07) is 13.1. The largest absolute Gasteiger partial charge is 0.255 e. The summed E-state index contributed by atoms with van der Waals surface area (Å²) in [6.07, 6.45) is 3.43. The summed E-state index contributed by atoms with van der Waals surface area (Å²) >= 11 is 5.97. The third-order valence-corrected chi connectivity index (χ3v) is 2.72.